The summed E-state index contributed by atoms with van der Waals surface area (Å²) in [7, 11) is 0. The van der Waals surface area contributed by atoms with Crippen molar-refractivity contribution in [2.45, 2.75) is 25.0 Å². The second-order valence-corrected chi connectivity index (χ2v) is 7.72. The first kappa shape index (κ1) is 13.6. The highest BCUT2D eigenvalue weighted by Gasteiger charge is 2.24. The zero-order valence-corrected chi connectivity index (χ0v) is 12.9. The van der Waals surface area contributed by atoms with Gasteiger partial charge in [0, 0.05) is 35.2 Å². The number of nitrogen functional groups attached to an aromatic ring is 1. The predicted octanol–water partition coefficient (Wildman–Crippen LogP) is 3.54. The molecule has 1 aliphatic rings. The van der Waals surface area contributed by atoms with Crippen LogP contribution in [0, 0.1) is 0 Å². The number of anilines is 2. The summed E-state index contributed by atoms with van der Waals surface area (Å²) >= 11 is 2.05. The molecule has 0 amide bonds. The molecule has 2 N–H and O–H groups in total. The topological polar surface area (TPSA) is 42.2 Å². The van der Waals surface area contributed by atoms with E-state index in [0.29, 0.717) is 4.75 Å². The van der Waals surface area contributed by atoms with Gasteiger partial charge in [0.25, 0.3) is 0 Å². The maximum absolute atomic E-state index is 6.38. The molecule has 20 heavy (non-hydrogen) atoms. The van der Waals surface area contributed by atoms with Crippen LogP contribution < -0.4 is 10.6 Å². The van der Waals surface area contributed by atoms with Crippen LogP contribution in [0.15, 0.2) is 30.5 Å². The fourth-order valence-corrected chi connectivity index (χ4v) is 3.80. The summed E-state index contributed by atoms with van der Waals surface area (Å²) in [6, 6.07) is 8.19. The highest BCUT2D eigenvalue weighted by Crippen LogP contribution is 2.35. The number of nitrogens with two attached hydrogens (primary N) is 1. The van der Waals surface area contributed by atoms with E-state index in [0.717, 1.165) is 41.1 Å². The van der Waals surface area contributed by atoms with Crippen LogP contribution in [0.4, 0.5) is 11.4 Å². The molecule has 2 aromatic rings. The van der Waals surface area contributed by atoms with E-state index >= 15 is 0 Å². The van der Waals surface area contributed by atoms with Crippen LogP contribution >= 0.6 is 11.8 Å². The van der Waals surface area contributed by atoms with Gasteiger partial charge in [-0.3, -0.25) is 4.98 Å². The minimum atomic E-state index is 0.363. The van der Waals surface area contributed by atoms with Gasteiger partial charge in [-0.15, -0.1) is 0 Å². The molecule has 1 aliphatic heterocycles. The third-order valence-electron chi connectivity index (χ3n) is 3.98. The first-order valence-electron chi connectivity index (χ1n) is 7.09. The van der Waals surface area contributed by atoms with Crippen molar-refractivity contribution in [3.05, 3.63) is 30.5 Å². The fraction of sp³-hybridized carbons (Fsp3) is 0.438. The molecule has 1 aromatic carbocycles. The van der Waals surface area contributed by atoms with Gasteiger partial charge in [0.2, 0.25) is 0 Å². The lowest BCUT2D eigenvalue weighted by Crippen LogP contribution is -2.27. The van der Waals surface area contributed by atoms with Gasteiger partial charge in [0.1, 0.15) is 0 Å². The second-order valence-electron chi connectivity index (χ2n) is 5.91. The number of rotatable bonds is 1. The molecule has 0 unspecified atom stereocenters. The molecular formula is C16H21N3S. The SMILES string of the molecule is CC1(C)CCN(c2ccc3ncccc3c2N)CCS1. The van der Waals surface area contributed by atoms with E-state index in [-0.39, 0.29) is 0 Å². The van der Waals surface area contributed by atoms with E-state index in [1.807, 2.05) is 12.3 Å². The van der Waals surface area contributed by atoms with Crippen molar-refractivity contribution in [3.63, 3.8) is 0 Å². The quantitative estimate of drug-likeness (QED) is 0.815. The summed E-state index contributed by atoms with van der Waals surface area (Å²) in [4.78, 5) is 6.79. The largest absolute Gasteiger partial charge is 0.396 e. The minimum Gasteiger partial charge on any atom is -0.396 e. The molecule has 0 radical (unpaired) electrons. The maximum atomic E-state index is 6.38. The van der Waals surface area contributed by atoms with E-state index < -0.39 is 0 Å². The number of thioether (sulfide) groups is 1. The number of hydrogen-bond acceptors (Lipinski definition) is 4. The average Bonchev–Trinajstić information content (AvgIpc) is 2.61. The van der Waals surface area contributed by atoms with Crippen molar-refractivity contribution in [1.29, 1.82) is 0 Å². The van der Waals surface area contributed by atoms with Gasteiger partial charge in [0.05, 0.1) is 16.9 Å². The van der Waals surface area contributed by atoms with Crippen molar-refractivity contribution in [2.24, 2.45) is 0 Å². The summed E-state index contributed by atoms with van der Waals surface area (Å²) in [5.41, 5.74) is 9.37. The zero-order chi connectivity index (χ0) is 14.2. The van der Waals surface area contributed by atoms with Crippen LogP contribution in [0.5, 0.6) is 0 Å². The minimum absolute atomic E-state index is 0.363. The molecule has 0 bridgehead atoms. The number of aromatic nitrogens is 1. The third kappa shape index (κ3) is 2.57. The Bertz CT molecular complexity index is 624. The van der Waals surface area contributed by atoms with E-state index in [1.165, 1.54) is 6.42 Å². The van der Waals surface area contributed by atoms with E-state index in [2.05, 4.69) is 53.7 Å². The third-order valence-corrected chi connectivity index (χ3v) is 5.35. The number of pyridine rings is 1. The number of fused-ring (bicyclic) bond motifs is 1. The first-order valence-corrected chi connectivity index (χ1v) is 8.07. The molecule has 106 valence electrons. The molecule has 0 atom stereocenters. The normalized spacial score (nSPS) is 19.0. The van der Waals surface area contributed by atoms with Crippen LogP contribution in [-0.2, 0) is 0 Å². The van der Waals surface area contributed by atoms with Gasteiger partial charge in [-0.2, -0.15) is 11.8 Å². The van der Waals surface area contributed by atoms with Crippen LogP contribution in [0.1, 0.15) is 20.3 Å². The summed E-state index contributed by atoms with van der Waals surface area (Å²) < 4.78 is 0.363. The number of nitrogens with zero attached hydrogens (tertiary/aromatic N) is 2. The summed E-state index contributed by atoms with van der Waals surface area (Å²) in [6.07, 6.45) is 2.99. The summed E-state index contributed by atoms with van der Waals surface area (Å²) in [6.45, 7) is 6.78. The molecule has 0 spiro atoms. The van der Waals surface area contributed by atoms with Gasteiger partial charge < -0.3 is 10.6 Å². The van der Waals surface area contributed by atoms with Gasteiger partial charge in [-0.1, -0.05) is 13.8 Å². The Balaban J connectivity index is 1.96. The molecule has 1 aromatic heterocycles. The van der Waals surface area contributed by atoms with Crippen molar-refractivity contribution < 1.29 is 0 Å². The molecule has 0 aliphatic carbocycles. The van der Waals surface area contributed by atoms with Gasteiger partial charge in [0.15, 0.2) is 0 Å². The Morgan fingerprint density at radius 1 is 1.25 bits per heavy atom. The Kier molecular flexibility index (Phi) is 3.50. The van der Waals surface area contributed by atoms with Gasteiger partial charge in [-0.25, -0.2) is 0 Å². The smallest absolute Gasteiger partial charge is 0.0724 e. The molecule has 3 rings (SSSR count). The van der Waals surface area contributed by atoms with Crippen molar-refractivity contribution in [3.8, 4) is 0 Å². The van der Waals surface area contributed by atoms with E-state index in [4.69, 9.17) is 5.73 Å². The molecule has 1 saturated heterocycles. The Morgan fingerprint density at radius 2 is 2.10 bits per heavy atom. The van der Waals surface area contributed by atoms with Crippen LogP contribution in [-0.4, -0.2) is 28.6 Å². The first-order chi connectivity index (χ1) is 9.57. The van der Waals surface area contributed by atoms with Crippen LogP contribution in [0.25, 0.3) is 10.9 Å². The lowest BCUT2D eigenvalue weighted by molar-refractivity contribution is 0.638. The average molecular weight is 287 g/mol. The lowest BCUT2D eigenvalue weighted by atomic mass is 10.1. The second kappa shape index (κ2) is 5.17. The standard InChI is InChI=1S/C16H21N3S/c1-16(2)7-9-19(10-11-20-16)14-6-5-13-12(15(14)17)4-3-8-18-13/h3-6,8H,7,9-11,17H2,1-2H3. The lowest BCUT2D eigenvalue weighted by Gasteiger charge is -2.26. The number of hydrogen-bond donors (Lipinski definition) is 1. The Morgan fingerprint density at radius 3 is 2.95 bits per heavy atom. The zero-order valence-electron chi connectivity index (χ0n) is 12.1. The van der Waals surface area contributed by atoms with Crippen molar-refractivity contribution in [2.75, 3.05) is 29.5 Å². The molecular weight excluding hydrogens is 266 g/mol. The highest BCUT2D eigenvalue weighted by molar-refractivity contribution is 8.00. The molecule has 0 saturated carbocycles. The Hall–Kier alpha value is -1.42. The summed E-state index contributed by atoms with van der Waals surface area (Å²) in [5, 5.41) is 1.06. The predicted molar refractivity (Wildman–Crippen MR) is 89.5 cm³/mol. The van der Waals surface area contributed by atoms with Crippen molar-refractivity contribution >= 4 is 34.0 Å². The fourth-order valence-electron chi connectivity index (χ4n) is 2.70. The van der Waals surface area contributed by atoms with Gasteiger partial charge >= 0.3 is 0 Å². The molecule has 4 heteroatoms. The van der Waals surface area contributed by atoms with Crippen LogP contribution in [0.2, 0.25) is 0 Å². The van der Waals surface area contributed by atoms with Crippen LogP contribution in [0.3, 0.4) is 0 Å². The van der Waals surface area contributed by atoms with Gasteiger partial charge in [-0.05, 0) is 30.7 Å². The highest BCUT2D eigenvalue weighted by atomic mass is 32.2. The monoisotopic (exact) mass is 287 g/mol. The Labute approximate surface area is 124 Å². The summed E-state index contributed by atoms with van der Waals surface area (Å²) in [5.74, 6) is 1.15. The molecule has 3 nitrogen and oxygen atoms in total. The number of benzene rings is 1. The van der Waals surface area contributed by atoms with E-state index in [1.54, 1.807) is 0 Å². The van der Waals surface area contributed by atoms with E-state index in [9.17, 15) is 0 Å². The molecule has 2 heterocycles. The van der Waals surface area contributed by atoms with Crippen molar-refractivity contribution in [1.82, 2.24) is 4.98 Å². The maximum Gasteiger partial charge on any atom is 0.0724 e. The molecule has 1 fully saturated rings.